The maximum Gasteiger partial charge on any atom is 0.307 e. The molecule has 4 atom stereocenters. The van der Waals surface area contributed by atoms with Crippen LogP contribution in [-0.4, -0.2) is 22.2 Å². The molecule has 0 aliphatic heterocycles. The Kier molecular flexibility index (Phi) is 2.03. The highest BCUT2D eigenvalue weighted by atomic mass is 16.4. The van der Waals surface area contributed by atoms with Crippen molar-refractivity contribution in [3.63, 3.8) is 0 Å². The van der Waals surface area contributed by atoms with Crippen LogP contribution in [0, 0.1) is 35.5 Å². The minimum absolute atomic E-state index is 0.124. The zero-order valence-corrected chi connectivity index (χ0v) is 9.00. The van der Waals surface area contributed by atoms with E-state index in [0.29, 0.717) is 23.7 Å². The highest BCUT2D eigenvalue weighted by Crippen LogP contribution is 2.61. The first kappa shape index (κ1) is 10.1. The number of carboxylic acids is 2. The Balaban J connectivity index is 1.63. The number of aliphatic carboxylic acids is 2. The Bertz CT molecular complexity index is 297. The lowest BCUT2D eigenvalue weighted by atomic mass is 10.0. The van der Waals surface area contributed by atoms with Gasteiger partial charge in [0.2, 0.25) is 0 Å². The molecule has 0 heterocycles. The van der Waals surface area contributed by atoms with E-state index in [1.165, 1.54) is 0 Å². The Hall–Kier alpha value is -1.06. The van der Waals surface area contributed by atoms with Gasteiger partial charge in [0.15, 0.2) is 0 Å². The normalized spacial score (nSPS) is 49.2. The van der Waals surface area contributed by atoms with E-state index in [4.69, 9.17) is 10.2 Å². The van der Waals surface area contributed by atoms with Gasteiger partial charge in [0.25, 0.3) is 0 Å². The summed E-state index contributed by atoms with van der Waals surface area (Å²) in [4.78, 5) is 21.8. The number of carbonyl (C=O) groups is 2. The molecule has 0 unspecified atom stereocenters. The van der Waals surface area contributed by atoms with Crippen molar-refractivity contribution in [2.75, 3.05) is 0 Å². The third kappa shape index (κ3) is 1.35. The zero-order chi connectivity index (χ0) is 11.4. The lowest BCUT2D eigenvalue weighted by molar-refractivity contribution is -0.140. The van der Waals surface area contributed by atoms with Gasteiger partial charge in [0.1, 0.15) is 0 Å². The topological polar surface area (TPSA) is 74.6 Å². The lowest BCUT2D eigenvalue weighted by Crippen LogP contribution is -2.03. The van der Waals surface area contributed by atoms with Crippen molar-refractivity contribution in [3.8, 4) is 0 Å². The highest BCUT2D eigenvalue weighted by Gasteiger charge is 2.61. The molecule has 2 N–H and O–H groups in total. The SMILES string of the molecule is O=C(O)C1[C@@H]2CC[C@H]3C(C(=O)O)[C@@H]3CC[C@@H]12. The van der Waals surface area contributed by atoms with E-state index in [1.54, 1.807) is 0 Å². The second-order valence-corrected chi connectivity index (χ2v) is 5.54. The van der Waals surface area contributed by atoms with E-state index in [2.05, 4.69) is 0 Å². The molecule has 0 bridgehead atoms. The van der Waals surface area contributed by atoms with E-state index in [1.807, 2.05) is 0 Å². The van der Waals surface area contributed by atoms with Crippen LogP contribution in [0.3, 0.4) is 0 Å². The summed E-state index contributed by atoms with van der Waals surface area (Å²) in [5.41, 5.74) is 0. The molecule has 3 rings (SSSR count). The van der Waals surface area contributed by atoms with Gasteiger partial charge in [0, 0.05) is 0 Å². The molecule has 3 saturated carbocycles. The van der Waals surface area contributed by atoms with Gasteiger partial charge < -0.3 is 10.2 Å². The summed E-state index contributed by atoms with van der Waals surface area (Å²) in [5.74, 6) is -0.189. The summed E-state index contributed by atoms with van der Waals surface area (Å²) >= 11 is 0. The minimum Gasteiger partial charge on any atom is -0.481 e. The number of fused-ring (bicyclic) bond motifs is 2. The van der Waals surface area contributed by atoms with Gasteiger partial charge in [-0.3, -0.25) is 9.59 Å². The van der Waals surface area contributed by atoms with Gasteiger partial charge in [-0.25, -0.2) is 0 Å². The Labute approximate surface area is 93.6 Å². The van der Waals surface area contributed by atoms with Crippen LogP contribution in [0.4, 0.5) is 0 Å². The second-order valence-electron chi connectivity index (χ2n) is 5.54. The number of hydrogen-bond acceptors (Lipinski definition) is 2. The molecule has 88 valence electrons. The Morgan fingerprint density at radius 1 is 0.688 bits per heavy atom. The van der Waals surface area contributed by atoms with E-state index >= 15 is 0 Å². The quantitative estimate of drug-likeness (QED) is 0.744. The molecule has 3 aliphatic carbocycles. The van der Waals surface area contributed by atoms with Gasteiger partial charge in [-0.05, 0) is 49.4 Å². The maximum absolute atomic E-state index is 10.9. The molecule has 0 radical (unpaired) electrons. The molecule has 0 aromatic rings. The van der Waals surface area contributed by atoms with Crippen molar-refractivity contribution < 1.29 is 19.8 Å². The smallest absolute Gasteiger partial charge is 0.307 e. The maximum atomic E-state index is 10.9. The van der Waals surface area contributed by atoms with Crippen LogP contribution in [-0.2, 0) is 9.59 Å². The molecular weight excluding hydrogens is 208 g/mol. The lowest BCUT2D eigenvalue weighted by Gasteiger charge is -2.04. The highest BCUT2D eigenvalue weighted by molar-refractivity contribution is 5.75. The van der Waals surface area contributed by atoms with Crippen molar-refractivity contribution in [1.82, 2.24) is 0 Å². The van der Waals surface area contributed by atoms with Crippen LogP contribution in [0.15, 0.2) is 0 Å². The fourth-order valence-corrected chi connectivity index (χ4v) is 3.97. The van der Waals surface area contributed by atoms with Gasteiger partial charge in [-0.1, -0.05) is 0 Å². The first-order valence-electron chi connectivity index (χ1n) is 6.07. The minimum atomic E-state index is -0.652. The third-order valence-corrected chi connectivity index (χ3v) is 4.90. The number of hydrogen-bond donors (Lipinski definition) is 2. The van der Waals surface area contributed by atoms with Crippen LogP contribution in [0.2, 0.25) is 0 Å². The van der Waals surface area contributed by atoms with Crippen LogP contribution in [0.25, 0.3) is 0 Å². The first-order valence-corrected chi connectivity index (χ1v) is 6.07. The molecule has 0 aromatic heterocycles. The van der Waals surface area contributed by atoms with Crippen molar-refractivity contribution in [3.05, 3.63) is 0 Å². The van der Waals surface area contributed by atoms with Crippen molar-refractivity contribution in [1.29, 1.82) is 0 Å². The fraction of sp³-hybridized carbons (Fsp3) is 0.833. The summed E-state index contributed by atoms with van der Waals surface area (Å²) in [7, 11) is 0. The van der Waals surface area contributed by atoms with Crippen molar-refractivity contribution >= 4 is 11.9 Å². The monoisotopic (exact) mass is 224 g/mol. The molecule has 3 fully saturated rings. The molecule has 0 aromatic carbocycles. The van der Waals surface area contributed by atoms with Crippen LogP contribution < -0.4 is 0 Å². The number of carboxylic acid groups (broad SMARTS) is 2. The molecule has 0 spiro atoms. The van der Waals surface area contributed by atoms with Gasteiger partial charge >= 0.3 is 11.9 Å². The molecule has 0 amide bonds. The zero-order valence-electron chi connectivity index (χ0n) is 9.00. The predicted octanol–water partition coefficient (Wildman–Crippen LogP) is 1.45. The summed E-state index contributed by atoms with van der Waals surface area (Å²) in [5, 5.41) is 18.0. The number of rotatable bonds is 2. The molecule has 0 saturated heterocycles. The Morgan fingerprint density at radius 3 is 1.12 bits per heavy atom. The van der Waals surface area contributed by atoms with E-state index in [9.17, 15) is 9.59 Å². The second kappa shape index (κ2) is 3.22. The van der Waals surface area contributed by atoms with Crippen LogP contribution in [0.1, 0.15) is 25.7 Å². The fourth-order valence-electron chi connectivity index (χ4n) is 3.97. The van der Waals surface area contributed by atoms with Gasteiger partial charge in [-0.2, -0.15) is 0 Å². The van der Waals surface area contributed by atoms with Gasteiger partial charge in [0.05, 0.1) is 11.8 Å². The van der Waals surface area contributed by atoms with Crippen LogP contribution >= 0.6 is 0 Å². The third-order valence-electron chi connectivity index (χ3n) is 4.90. The first-order chi connectivity index (χ1) is 7.61. The average Bonchev–Trinajstić information content (AvgIpc) is 3.00. The molecule has 3 aliphatic rings. The Morgan fingerprint density at radius 2 is 0.938 bits per heavy atom. The summed E-state index contributed by atoms with van der Waals surface area (Å²) in [6.45, 7) is 0. The van der Waals surface area contributed by atoms with Gasteiger partial charge in [-0.15, -0.1) is 0 Å². The molecule has 16 heavy (non-hydrogen) atoms. The molecule has 4 heteroatoms. The van der Waals surface area contributed by atoms with Crippen molar-refractivity contribution in [2.45, 2.75) is 25.7 Å². The largest absolute Gasteiger partial charge is 0.481 e. The van der Waals surface area contributed by atoms with E-state index in [0.717, 1.165) is 25.7 Å². The summed E-state index contributed by atoms with van der Waals surface area (Å²) < 4.78 is 0. The van der Waals surface area contributed by atoms with Crippen molar-refractivity contribution in [2.24, 2.45) is 35.5 Å². The standard InChI is InChI=1S/C12H16O4/c13-11(14)9-5-1-2-6-8(4-3-7(5)9)10(6)12(15)16/h5-10H,1-4H2,(H,13,14)(H,15,16)/t5-,6-,7-,8-,9?,10?/m1/s1. The van der Waals surface area contributed by atoms with Crippen LogP contribution in [0.5, 0.6) is 0 Å². The molecular formula is C12H16O4. The van der Waals surface area contributed by atoms with E-state index in [-0.39, 0.29) is 11.8 Å². The average molecular weight is 224 g/mol. The van der Waals surface area contributed by atoms with E-state index < -0.39 is 11.9 Å². The summed E-state index contributed by atoms with van der Waals surface area (Å²) in [6.07, 6.45) is 3.69. The summed E-state index contributed by atoms with van der Waals surface area (Å²) in [6, 6.07) is 0. The predicted molar refractivity (Wildman–Crippen MR) is 54.7 cm³/mol. The molecule has 4 nitrogen and oxygen atoms in total.